The fourth-order valence-electron chi connectivity index (χ4n) is 1.86. The van der Waals surface area contributed by atoms with Crippen LogP contribution in [-0.4, -0.2) is 21.5 Å². The number of aryl methyl sites for hydroxylation is 2. The smallest absolute Gasteiger partial charge is 0.136 e. The SMILES string of the molecule is Cc1cc(-n2nc(C)c(CCO)c2Cl)ccc1Br. The Kier molecular flexibility index (Phi) is 4.10. The molecule has 0 atom stereocenters. The van der Waals surface area contributed by atoms with E-state index in [0.717, 1.165) is 27.0 Å². The van der Waals surface area contributed by atoms with E-state index >= 15 is 0 Å². The van der Waals surface area contributed by atoms with Crippen molar-refractivity contribution in [3.05, 3.63) is 44.6 Å². The van der Waals surface area contributed by atoms with Gasteiger partial charge in [0.2, 0.25) is 0 Å². The highest BCUT2D eigenvalue weighted by Gasteiger charge is 2.14. The van der Waals surface area contributed by atoms with Gasteiger partial charge in [0, 0.05) is 23.1 Å². The van der Waals surface area contributed by atoms with E-state index in [4.69, 9.17) is 16.7 Å². The summed E-state index contributed by atoms with van der Waals surface area (Å²) in [5.41, 5.74) is 3.81. The van der Waals surface area contributed by atoms with E-state index in [1.54, 1.807) is 4.68 Å². The van der Waals surface area contributed by atoms with Crippen LogP contribution in [0.3, 0.4) is 0 Å². The lowest BCUT2D eigenvalue weighted by molar-refractivity contribution is 0.299. The normalized spacial score (nSPS) is 10.9. The molecule has 5 heteroatoms. The predicted octanol–water partition coefficient (Wildman–Crippen LogP) is 3.44. The van der Waals surface area contributed by atoms with Crippen molar-refractivity contribution in [1.29, 1.82) is 0 Å². The lowest BCUT2D eigenvalue weighted by atomic mass is 10.2. The average Bonchev–Trinajstić information content (AvgIpc) is 2.61. The minimum atomic E-state index is 0.0750. The highest BCUT2D eigenvalue weighted by molar-refractivity contribution is 9.10. The molecule has 0 spiro atoms. The molecule has 0 aliphatic heterocycles. The second kappa shape index (κ2) is 5.43. The third-order valence-corrected chi connectivity index (χ3v) is 4.15. The highest BCUT2D eigenvalue weighted by Crippen LogP contribution is 2.26. The van der Waals surface area contributed by atoms with Gasteiger partial charge >= 0.3 is 0 Å². The molecule has 0 aliphatic carbocycles. The number of aliphatic hydroxyl groups is 1. The molecule has 0 fully saturated rings. The zero-order chi connectivity index (χ0) is 13.3. The van der Waals surface area contributed by atoms with Gasteiger partial charge in [-0.05, 0) is 37.6 Å². The van der Waals surface area contributed by atoms with Gasteiger partial charge in [0.1, 0.15) is 5.15 Å². The second-order valence-electron chi connectivity index (χ2n) is 4.17. The molecule has 2 aromatic rings. The van der Waals surface area contributed by atoms with E-state index in [9.17, 15) is 0 Å². The Morgan fingerprint density at radius 2 is 2.11 bits per heavy atom. The second-order valence-corrected chi connectivity index (χ2v) is 5.39. The van der Waals surface area contributed by atoms with Gasteiger partial charge in [-0.3, -0.25) is 0 Å². The third-order valence-electron chi connectivity index (χ3n) is 2.87. The first kappa shape index (κ1) is 13.6. The van der Waals surface area contributed by atoms with Gasteiger partial charge in [-0.1, -0.05) is 27.5 Å². The molecule has 1 N–H and O–H groups in total. The molecule has 0 radical (unpaired) electrons. The molecule has 0 unspecified atom stereocenters. The molecule has 0 aliphatic rings. The van der Waals surface area contributed by atoms with Crippen molar-refractivity contribution in [2.24, 2.45) is 0 Å². The maximum absolute atomic E-state index is 9.03. The molecule has 3 nitrogen and oxygen atoms in total. The number of hydrogen-bond donors (Lipinski definition) is 1. The lowest BCUT2D eigenvalue weighted by Crippen LogP contribution is -1.98. The predicted molar refractivity (Wildman–Crippen MR) is 76.5 cm³/mol. The molecular weight excluding hydrogens is 316 g/mol. The van der Waals surface area contributed by atoms with Crippen molar-refractivity contribution in [2.75, 3.05) is 6.61 Å². The van der Waals surface area contributed by atoms with Gasteiger partial charge in [0.05, 0.1) is 11.4 Å². The van der Waals surface area contributed by atoms with Gasteiger partial charge in [-0.2, -0.15) is 5.10 Å². The maximum atomic E-state index is 9.03. The zero-order valence-corrected chi connectivity index (χ0v) is 12.6. The topological polar surface area (TPSA) is 38.0 Å². The van der Waals surface area contributed by atoms with E-state index < -0.39 is 0 Å². The number of halogens is 2. The van der Waals surface area contributed by atoms with Crippen LogP contribution >= 0.6 is 27.5 Å². The van der Waals surface area contributed by atoms with Crippen LogP contribution in [-0.2, 0) is 6.42 Å². The number of aliphatic hydroxyl groups excluding tert-OH is 1. The molecular formula is C13H14BrClN2O. The minimum absolute atomic E-state index is 0.0750. The fourth-order valence-corrected chi connectivity index (χ4v) is 2.47. The Balaban J connectivity index is 2.50. The molecule has 0 amide bonds. The van der Waals surface area contributed by atoms with E-state index in [1.807, 2.05) is 32.0 Å². The molecule has 1 aromatic carbocycles. The first-order valence-electron chi connectivity index (χ1n) is 5.66. The summed E-state index contributed by atoms with van der Waals surface area (Å²) in [6.07, 6.45) is 0.528. The molecule has 1 aromatic heterocycles. The largest absolute Gasteiger partial charge is 0.396 e. The molecule has 1 heterocycles. The number of benzene rings is 1. The Bertz CT molecular complexity index is 581. The van der Waals surface area contributed by atoms with Gasteiger partial charge in [-0.25, -0.2) is 4.68 Å². The maximum Gasteiger partial charge on any atom is 0.136 e. The van der Waals surface area contributed by atoms with Crippen LogP contribution in [0.15, 0.2) is 22.7 Å². The quantitative estimate of drug-likeness (QED) is 0.936. The Morgan fingerprint density at radius 3 is 2.72 bits per heavy atom. The van der Waals surface area contributed by atoms with E-state index in [1.165, 1.54) is 0 Å². The van der Waals surface area contributed by atoms with Crippen LogP contribution < -0.4 is 0 Å². The van der Waals surface area contributed by atoms with Crippen molar-refractivity contribution in [3.8, 4) is 5.69 Å². The highest BCUT2D eigenvalue weighted by atomic mass is 79.9. The van der Waals surface area contributed by atoms with Gasteiger partial charge in [0.15, 0.2) is 0 Å². The standard InChI is InChI=1S/C13H14BrClN2O/c1-8-7-10(3-4-12(8)14)17-13(15)11(5-6-18)9(2)16-17/h3-4,7,18H,5-6H2,1-2H3. The van der Waals surface area contributed by atoms with Crippen LogP contribution in [0.2, 0.25) is 5.15 Å². The first-order valence-corrected chi connectivity index (χ1v) is 6.83. The number of nitrogens with zero attached hydrogens (tertiary/aromatic N) is 2. The number of aromatic nitrogens is 2. The van der Waals surface area contributed by atoms with Crippen molar-refractivity contribution in [3.63, 3.8) is 0 Å². The monoisotopic (exact) mass is 328 g/mol. The molecule has 2 rings (SSSR count). The van der Waals surface area contributed by atoms with E-state index in [0.29, 0.717) is 11.6 Å². The van der Waals surface area contributed by atoms with E-state index in [-0.39, 0.29) is 6.61 Å². The summed E-state index contributed by atoms with van der Waals surface area (Å²) >= 11 is 9.78. The summed E-state index contributed by atoms with van der Waals surface area (Å²) in [7, 11) is 0. The van der Waals surface area contributed by atoms with Crippen LogP contribution in [0.25, 0.3) is 5.69 Å². The lowest BCUT2D eigenvalue weighted by Gasteiger charge is -2.06. The summed E-state index contributed by atoms with van der Waals surface area (Å²) in [5.74, 6) is 0. The summed E-state index contributed by atoms with van der Waals surface area (Å²) in [6, 6.07) is 5.95. The van der Waals surface area contributed by atoms with Gasteiger partial charge in [-0.15, -0.1) is 0 Å². The summed E-state index contributed by atoms with van der Waals surface area (Å²) in [6.45, 7) is 4.00. The zero-order valence-electron chi connectivity index (χ0n) is 10.2. The minimum Gasteiger partial charge on any atom is -0.396 e. The van der Waals surface area contributed by atoms with Crippen LogP contribution in [0.5, 0.6) is 0 Å². The van der Waals surface area contributed by atoms with E-state index in [2.05, 4.69) is 21.0 Å². The van der Waals surface area contributed by atoms with Crippen LogP contribution in [0, 0.1) is 13.8 Å². The molecule has 0 saturated heterocycles. The van der Waals surface area contributed by atoms with Gasteiger partial charge in [0.25, 0.3) is 0 Å². The summed E-state index contributed by atoms with van der Waals surface area (Å²) < 4.78 is 2.77. The molecule has 96 valence electrons. The molecule has 18 heavy (non-hydrogen) atoms. The van der Waals surface area contributed by atoms with Crippen molar-refractivity contribution < 1.29 is 5.11 Å². The molecule has 0 bridgehead atoms. The van der Waals surface area contributed by atoms with Crippen LogP contribution in [0.1, 0.15) is 16.8 Å². The fraction of sp³-hybridized carbons (Fsp3) is 0.308. The summed E-state index contributed by atoms with van der Waals surface area (Å²) in [4.78, 5) is 0. The first-order chi connectivity index (χ1) is 8.54. The van der Waals surface area contributed by atoms with Crippen molar-refractivity contribution in [2.45, 2.75) is 20.3 Å². The van der Waals surface area contributed by atoms with Crippen molar-refractivity contribution in [1.82, 2.24) is 9.78 Å². The number of rotatable bonds is 3. The van der Waals surface area contributed by atoms with Crippen molar-refractivity contribution >= 4 is 27.5 Å². The Morgan fingerprint density at radius 1 is 1.39 bits per heavy atom. The van der Waals surface area contributed by atoms with Crippen LogP contribution in [0.4, 0.5) is 0 Å². The number of hydrogen-bond acceptors (Lipinski definition) is 2. The Hall–Kier alpha value is -0.840. The summed E-state index contributed by atoms with van der Waals surface area (Å²) in [5, 5.41) is 14.0. The Labute approximate surface area is 120 Å². The van der Waals surface area contributed by atoms with Gasteiger partial charge < -0.3 is 5.11 Å². The average molecular weight is 330 g/mol. The molecule has 0 saturated carbocycles. The third kappa shape index (κ3) is 2.46.